The van der Waals surface area contributed by atoms with Crippen molar-refractivity contribution in [3.8, 4) is 0 Å². The number of hydrogen-bond donors (Lipinski definition) is 1. The van der Waals surface area contributed by atoms with E-state index in [0.29, 0.717) is 5.76 Å². The van der Waals surface area contributed by atoms with Gasteiger partial charge < -0.3 is 19.5 Å². The van der Waals surface area contributed by atoms with Crippen molar-refractivity contribution < 1.29 is 23.6 Å². The van der Waals surface area contributed by atoms with Crippen LogP contribution in [-0.2, 0) is 19.1 Å². The van der Waals surface area contributed by atoms with Gasteiger partial charge in [-0.25, -0.2) is 0 Å². The van der Waals surface area contributed by atoms with Crippen molar-refractivity contribution in [1.82, 2.24) is 5.16 Å². The smallest absolute Gasteiger partial charge is 0.311 e. The molecule has 1 unspecified atom stereocenters. The number of ether oxygens (including phenoxy) is 1. The van der Waals surface area contributed by atoms with Crippen molar-refractivity contribution in [2.75, 3.05) is 23.4 Å². The number of carbonyl (C=O) groups excluding carboxylic acids is 3. The van der Waals surface area contributed by atoms with E-state index in [-0.39, 0.29) is 24.7 Å². The van der Waals surface area contributed by atoms with E-state index in [1.165, 1.54) is 0 Å². The molecule has 8 nitrogen and oxygen atoms in total. The van der Waals surface area contributed by atoms with E-state index in [1.54, 1.807) is 17.9 Å². The Hall–Kier alpha value is -3.68. The number of nitrogens with zero attached hydrogens (tertiary/aromatic N) is 2. The van der Waals surface area contributed by atoms with Gasteiger partial charge in [-0.05, 0) is 18.4 Å². The monoisotopic (exact) mass is 393 g/mol. The zero-order valence-corrected chi connectivity index (χ0v) is 15.8. The molecule has 0 radical (unpaired) electrons. The minimum atomic E-state index is -0.622. The number of anilines is 2. The summed E-state index contributed by atoms with van der Waals surface area (Å²) in [5.74, 6) is -1.07. The Morgan fingerprint density at radius 2 is 2.03 bits per heavy atom. The minimum Gasteiger partial charge on any atom is -0.455 e. The maximum Gasteiger partial charge on any atom is 0.311 e. The van der Waals surface area contributed by atoms with Crippen molar-refractivity contribution >= 4 is 40.1 Å². The second-order valence-electron chi connectivity index (χ2n) is 6.88. The lowest BCUT2D eigenvalue weighted by atomic mass is 10.1. The van der Waals surface area contributed by atoms with Crippen LogP contribution in [0.15, 0.2) is 53.1 Å². The first-order chi connectivity index (χ1) is 14.0. The maximum atomic E-state index is 12.5. The van der Waals surface area contributed by atoms with Crippen LogP contribution in [0.25, 0.3) is 10.8 Å². The first-order valence-corrected chi connectivity index (χ1v) is 9.19. The Morgan fingerprint density at radius 1 is 1.24 bits per heavy atom. The molecule has 2 amide bonds. The number of benzene rings is 2. The van der Waals surface area contributed by atoms with Crippen LogP contribution in [0.4, 0.5) is 11.5 Å². The average molecular weight is 393 g/mol. The van der Waals surface area contributed by atoms with Gasteiger partial charge >= 0.3 is 5.97 Å². The van der Waals surface area contributed by atoms with Gasteiger partial charge in [0.15, 0.2) is 12.4 Å². The van der Waals surface area contributed by atoms with E-state index in [2.05, 4.69) is 10.5 Å². The van der Waals surface area contributed by atoms with E-state index in [1.807, 2.05) is 42.5 Å². The summed E-state index contributed by atoms with van der Waals surface area (Å²) in [6.45, 7) is 1.46. The van der Waals surface area contributed by atoms with Crippen LogP contribution in [0.2, 0.25) is 0 Å². The predicted octanol–water partition coefficient (Wildman–Crippen LogP) is 2.67. The molecule has 4 rings (SSSR count). The lowest BCUT2D eigenvalue weighted by Gasteiger charge is -2.18. The third-order valence-electron chi connectivity index (χ3n) is 4.76. The molecule has 0 saturated carbocycles. The van der Waals surface area contributed by atoms with Crippen LogP contribution in [-0.4, -0.2) is 36.1 Å². The number of aryl methyl sites for hydroxylation is 1. The molecule has 8 heteroatoms. The summed E-state index contributed by atoms with van der Waals surface area (Å²) in [6.07, 6.45) is 0.0478. The van der Waals surface area contributed by atoms with Gasteiger partial charge in [-0.15, -0.1) is 0 Å². The molecule has 2 heterocycles. The molecule has 29 heavy (non-hydrogen) atoms. The second kappa shape index (κ2) is 7.75. The van der Waals surface area contributed by atoms with Gasteiger partial charge in [-0.2, -0.15) is 0 Å². The average Bonchev–Trinajstić information content (AvgIpc) is 3.31. The lowest BCUT2D eigenvalue weighted by Crippen LogP contribution is -2.28. The fourth-order valence-corrected chi connectivity index (χ4v) is 3.40. The Balaban J connectivity index is 1.38. The third kappa shape index (κ3) is 3.96. The summed E-state index contributed by atoms with van der Waals surface area (Å²) in [4.78, 5) is 38.4. The Kier molecular flexibility index (Phi) is 4.99. The molecule has 1 aromatic heterocycles. The quantitative estimate of drug-likeness (QED) is 0.669. The molecule has 0 spiro atoms. The van der Waals surface area contributed by atoms with E-state index < -0.39 is 24.4 Å². The van der Waals surface area contributed by atoms with Crippen LogP contribution in [0.1, 0.15) is 12.2 Å². The summed E-state index contributed by atoms with van der Waals surface area (Å²) >= 11 is 0. The summed E-state index contributed by atoms with van der Waals surface area (Å²) in [5, 5.41) is 8.08. The zero-order valence-electron chi connectivity index (χ0n) is 15.8. The number of nitrogens with one attached hydrogen (secondary N) is 1. The van der Waals surface area contributed by atoms with Crippen molar-refractivity contribution in [2.45, 2.75) is 13.3 Å². The van der Waals surface area contributed by atoms with Gasteiger partial charge in [0.2, 0.25) is 5.91 Å². The first kappa shape index (κ1) is 18.7. The molecule has 1 atom stereocenters. The van der Waals surface area contributed by atoms with Crippen molar-refractivity contribution in [3.63, 3.8) is 0 Å². The largest absolute Gasteiger partial charge is 0.455 e. The van der Waals surface area contributed by atoms with E-state index in [4.69, 9.17) is 9.26 Å². The highest BCUT2D eigenvalue weighted by Crippen LogP contribution is 2.32. The molecule has 1 aliphatic rings. The van der Waals surface area contributed by atoms with Gasteiger partial charge in [0.1, 0.15) is 5.76 Å². The third-order valence-corrected chi connectivity index (χ3v) is 4.76. The van der Waals surface area contributed by atoms with Crippen LogP contribution >= 0.6 is 0 Å². The van der Waals surface area contributed by atoms with E-state index in [9.17, 15) is 14.4 Å². The Labute approximate surface area is 166 Å². The van der Waals surface area contributed by atoms with E-state index in [0.717, 1.165) is 16.5 Å². The van der Waals surface area contributed by atoms with Gasteiger partial charge in [-0.3, -0.25) is 14.4 Å². The number of amides is 2. The SMILES string of the molecule is Cc1cc(NC(=O)COC(=O)C2CC(=O)N(c3cccc4ccccc34)C2)no1. The number of carbonyl (C=O) groups is 3. The highest BCUT2D eigenvalue weighted by Gasteiger charge is 2.36. The standard InChI is InChI=1S/C21H19N3O5/c1-13-9-18(23-29-13)22-19(25)12-28-21(27)15-10-20(26)24(11-15)17-8-4-6-14-5-2-3-7-16(14)17/h2-9,15H,10-12H2,1H3,(H,22,23,25). The summed E-state index contributed by atoms with van der Waals surface area (Å²) in [7, 11) is 0. The summed E-state index contributed by atoms with van der Waals surface area (Å²) in [6, 6.07) is 15.0. The molecule has 2 aromatic carbocycles. The molecular formula is C21H19N3O5. The normalized spacial score (nSPS) is 16.2. The Morgan fingerprint density at radius 3 is 2.83 bits per heavy atom. The molecule has 0 aliphatic carbocycles. The van der Waals surface area contributed by atoms with Crippen LogP contribution in [0.5, 0.6) is 0 Å². The van der Waals surface area contributed by atoms with Crippen LogP contribution in [0, 0.1) is 12.8 Å². The highest BCUT2D eigenvalue weighted by molar-refractivity contribution is 6.06. The summed E-state index contributed by atoms with van der Waals surface area (Å²) in [5.41, 5.74) is 0.766. The van der Waals surface area contributed by atoms with Gasteiger partial charge in [0.05, 0.1) is 11.6 Å². The first-order valence-electron chi connectivity index (χ1n) is 9.19. The highest BCUT2D eigenvalue weighted by atomic mass is 16.5. The molecule has 1 N–H and O–H groups in total. The fraction of sp³-hybridized carbons (Fsp3) is 0.238. The Bertz CT molecular complexity index is 1090. The van der Waals surface area contributed by atoms with Crippen molar-refractivity contribution in [2.24, 2.45) is 5.92 Å². The molecule has 148 valence electrons. The summed E-state index contributed by atoms with van der Waals surface area (Å²) < 4.78 is 9.95. The number of hydrogen-bond acceptors (Lipinski definition) is 6. The minimum absolute atomic E-state index is 0.0478. The molecule has 0 bridgehead atoms. The van der Waals surface area contributed by atoms with Gasteiger partial charge in [0, 0.05) is 24.4 Å². The predicted molar refractivity (Wildman–Crippen MR) is 105 cm³/mol. The number of aromatic nitrogens is 1. The lowest BCUT2D eigenvalue weighted by molar-refractivity contribution is -0.151. The van der Waals surface area contributed by atoms with Crippen LogP contribution in [0.3, 0.4) is 0 Å². The number of rotatable bonds is 5. The topological polar surface area (TPSA) is 102 Å². The van der Waals surface area contributed by atoms with Gasteiger partial charge in [-0.1, -0.05) is 41.6 Å². The fourth-order valence-electron chi connectivity index (χ4n) is 3.40. The van der Waals surface area contributed by atoms with Crippen molar-refractivity contribution in [1.29, 1.82) is 0 Å². The van der Waals surface area contributed by atoms with Crippen molar-refractivity contribution in [3.05, 3.63) is 54.3 Å². The number of esters is 1. The molecule has 1 fully saturated rings. The molecule has 1 aliphatic heterocycles. The molecule has 3 aromatic rings. The second-order valence-corrected chi connectivity index (χ2v) is 6.88. The van der Waals surface area contributed by atoms with Crippen LogP contribution < -0.4 is 10.2 Å². The maximum absolute atomic E-state index is 12.5. The zero-order chi connectivity index (χ0) is 20.4. The van der Waals surface area contributed by atoms with E-state index >= 15 is 0 Å². The number of fused-ring (bicyclic) bond motifs is 1. The van der Waals surface area contributed by atoms with Gasteiger partial charge in [0.25, 0.3) is 5.91 Å². The molecular weight excluding hydrogens is 374 g/mol. The molecule has 1 saturated heterocycles.